The minimum absolute atomic E-state index is 0.116. The van der Waals surface area contributed by atoms with Gasteiger partial charge in [0, 0.05) is 34.5 Å². The highest BCUT2D eigenvalue weighted by molar-refractivity contribution is 9.10. The lowest BCUT2D eigenvalue weighted by atomic mass is 9.99. The van der Waals surface area contributed by atoms with Crippen LogP contribution in [0.4, 0.5) is 11.4 Å². The van der Waals surface area contributed by atoms with Crippen molar-refractivity contribution in [1.82, 2.24) is 4.90 Å². The van der Waals surface area contributed by atoms with Gasteiger partial charge in [-0.3, -0.25) is 14.4 Å². The molecule has 1 fully saturated rings. The smallest absolute Gasteiger partial charge is 0.261 e. The van der Waals surface area contributed by atoms with Crippen molar-refractivity contribution in [2.24, 2.45) is 5.92 Å². The predicted octanol–water partition coefficient (Wildman–Crippen LogP) is 5.73. The van der Waals surface area contributed by atoms with E-state index in [1.807, 2.05) is 24.3 Å². The van der Waals surface area contributed by atoms with E-state index >= 15 is 0 Å². The summed E-state index contributed by atoms with van der Waals surface area (Å²) in [4.78, 5) is 15.2. The van der Waals surface area contributed by atoms with Crippen LogP contribution in [0.15, 0.2) is 82.2 Å². The van der Waals surface area contributed by atoms with Gasteiger partial charge in [0.05, 0.1) is 4.90 Å². The molecule has 4 rings (SSSR count). The minimum Gasteiger partial charge on any atom is -0.322 e. The van der Waals surface area contributed by atoms with Crippen molar-refractivity contribution < 1.29 is 13.2 Å². The Morgan fingerprint density at radius 1 is 0.971 bits per heavy atom. The third-order valence-corrected chi connectivity index (χ3v) is 7.81. The molecule has 0 spiro atoms. The molecule has 0 radical (unpaired) electrons. The minimum atomic E-state index is -3.73. The van der Waals surface area contributed by atoms with Crippen LogP contribution in [0.5, 0.6) is 0 Å². The van der Waals surface area contributed by atoms with Gasteiger partial charge in [-0.25, -0.2) is 8.42 Å². The maximum atomic E-state index is 12.7. The summed E-state index contributed by atoms with van der Waals surface area (Å²) in [5.41, 5.74) is 2.75. The largest absolute Gasteiger partial charge is 0.322 e. The van der Waals surface area contributed by atoms with Gasteiger partial charge < -0.3 is 5.32 Å². The molecule has 34 heavy (non-hydrogen) atoms. The highest BCUT2D eigenvalue weighted by Crippen LogP contribution is 2.21. The Bertz CT molecular complexity index is 1230. The normalized spacial score (nSPS) is 16.7. The third kappa shape index (κ3) is 6.46. The Kier molecular flexibility index (Phi) is 7.70. The zero-order valence-electron chi connectivity index (χ0n) is 19.0. The molecule has 3 aromatic carbocycles. The molecular formula is C26H28BrN3O3S. The number of hydrogen-bond donors (Lipinski definition) is 2. The molecule has 1 heterocycles. The van der Waals surface area contributed by atoms with E-state index in [2.05, 4.69) is 37.8 Å². The summed E-state index contributed by atoms with van der Waals surface area (Å²) >= 11 is 3.33. The first-order chi connectivity index (χ1) is 16.3. The van der Waals surface area contributed by atoms with Crippen molar-refractivity contribution in [3.8, 4) is 0 Å². The van der Waals surface area contributed by atoms with E-state index in [9.17, 15) is 13.2 Å². The summed E-state index contributed by atoms with van der Waals surface area (Å²) in [6.45, 7) is 5.43. The molecule has 0 aromatic heterocycles. The van der Waals surface area contributed by atoms with E-state index in [4.69, 9.17) is 0 Å². The van der Waals surface area contributed by atoms with Crippen LogP contribution in [0.2, 0.25) is 0 Å². The van der Waals surface area contributed by atoms with Crippen LogP contribution in [-0.4, -0.2) is 32.3 Å². The standard InChI is InChI=1S/C26H28BrN3O3S/c1-19-3-2-16-30(17-19)18-20-4-6-21(7-5-20)26(31)28-23-12-14-25(15-13-23)34(32,33)29-24-10-8-22(27)9-11-24/h4-15,19,29H,2-3,16-18H2,1H3,(H,28,31)/t19-/m0/s1. The van der Waals surface area contributed by atoms with Gasteiger partial charge in [-0.05, 0) is 91.5 Å². The highest BCUT2D eigenvalue weighted by atomic mass is 79.9. The van der Waals surface area contributed by atoms with Crippen LogP contribution < -0.4 is 10.0 Å². The third-order valence-electron chi connectivity index (χ3n) is 5.88. The van der Waals surface area contributed by atoms with Crippen LogP contribution in [0, 0.1) is 5.92 Å². The summed E-state index contributed by atoms with van der Waals surface area (Å²) in [6, 6.07) is 20.6. The number of carbonyl (C=O) groups is 1. The molecule has 178 valence electrons. The number of piperidine rings is 1. The van der Waals surface area contributed by atoms with E-state index in [1.165, 1.54) is 30.5 Å². The summed E-state index contributed by atoms with van der Waals surface area (Å²) < 4.78 is 28.6. The molecule has 3 aromatic rings. The number of sulfonamides is 1. The van der Waals surface area contributed by atoms with E-state index < -0.39 is 10.0 Å². The maximum absolute atomic E-state index is 12.7. The molecule has 2 N–H and O–H groups in total. The van der Waals surface area contributed by atoms with Gasteiger partial charge in [0.15, 0.2) is 0 Å². The SMILES string of the molecule is C[C@H]1CCCN(Cc2ccc(C(=O)Nc3ccc(S(=O)(=O)Nc4ccc(Br)cc4)cc3)cc2)C1. The van der Waals surface area contributed by atoms with Crippen LogP contribution in [0.25, 0.3) is 0 Å². The summed E-state index contributed by atoms with van der Waals surface area (Å²) in [6.07, 6.45) is 2.53. The monoisotopic (exact) mass is 541 g/mol. The summed E-state index contributed by atoms with van der Waals surface area (Å²) in [5, 5.41) is 2.83. The molecule has 1 atom stereocenters. The number of nitrogens with one attached hydrogen (secondary N) is 2. The molecule has 0 aliphatic carbocycles. The van der Waals surface area contributed by atoms with Crippen molar-refractivity contribution in [2.45, 2.75) is 31.2 Å². The number of carbonyl (C=O) groups excluding carboxylic acids is 1. The van der Waals surface area contributed by atoms with Gasteiger partial charge in [0.1, 0.15) is 0 Å². The predicted molar refractivity (Wildman–Crippen MR) is 139 cm³/mol. The quantitative estimate of drug-likeness (QED) is 0.400. The Morgan fingerprint density at radius 3 is 2.26 bits per heavy atom. The number of hydrogen-bond acceptors (Lipinski definition) is 4. The Labute approximate surface area is 209 Å². The van der Waals surface area contributed by atoms with Gasteiger partial charge in [-0.15, -0.1) is 0 Å². The van der Waals surface area contributed by atoms with E-state index in [0.717, 1.165) is 30.0 Å². The first kappa shape index (κ1) is 24.4. The molecule has 0 unspecified atom stereocenters. The lowest BCUT2D eigenvalue weighted by Gasteiger charge is -2.30. The molecule has 0 saturated carbocycles. The Morgan fingerprint density at radius 2 is 1.62 bits per heavy atom. The Hall–Kier alpha value is -2.68. The zero-order valence-corrected chi connectivity index (χ0v) is 21.4. The van der Waals surface area contributed by atoms with Crippen molar-refractivity contribution in [3.63, 3.8) is 0 Å². The number of halogens is 1. The lowest BCUT2D eigenvalue weighted by Crippen LogP contribution is -2.33. The number of likely N-dealkylation sites (tertiary alicyclic amines) is 1. The zero-order chi connectivity index (χ0) is 24.1. The summed E-state index contributed by atoms with van der Waals surface area (Å²) in [5.74, 6) is 0.499. The van der Waals surface area contributed by atoms with E-state index in [0.29, 0.717) is 16.9 Å². The second kappa shape index (κ2) is 10.7. The first-order valence-electron chi connectivity index (χ1n) is 11.3. The number of rotatable bonds is 7. The van der Waals surface area contributed by atoms with E-state index in [1.54, 1.807) is 36.4 Å². The van der Waals surface area contributed by atoms with Gasteiger partial charge >= 0.3 is 0 Å². The van der Waals surface area contributed by atoms with Crippen LogP contribution in [0.3, 0.4) is 0 Å². The molecule has 1 amide bonds. The summed E-state index contributed by atoms with van der Waals surface area (Å²) in [7, 11) is -3.73. The van der Waals surface area contributed by atoms with Crippen molar-refractivity contribution >= 4 is 43.2 Å². The first-order valence-corrected chi connectivity index (χ1v) is 13.6. The second-order valence-corrected chi connectivity index (χ2v) is 11.4. The fraction of sp³-hybridized carbons (Fsp3) is 0.269. The van der Waals surface area contributed by atoms with Crippen LogP contribution in [0.1, 0.15) is 35.7 Å². The van der Waals surface area contributed by atoms with Gasteiger partial charge in [-0.1, -0.05) is 35.0 Å². The topological polar surface area (TPSA) is 78.5 Å². The number of benzene rings is 3. The number of amides is 1. The molecule has 1 saturated heterocycles. The average Bonchev–Trinajstić information content (AvgIpc) is 2.81. The highest BCUT2D eigenvalue weighted by Gasteiger charge is 2.17. The molecule has 1 aliphatic rings. The van der Waals surface area contributed by atoms with Crippen molar-refractivity contribution in [1.29, 1.82) is 0 Å². The second-order valence-electron chi connectivity index (χ2n) is 8.77. The lowest BCUT2D eigenvalue weighted by molar-refractivity contribution is 0.102. The van der Waals surface area contributed by atoms with Crippen molar-refractivity contribution in [2.75, 3.05) is 23.1 Å². The van der Waals surface area contributed by atoms with Gasteiger partial charge in [0.25, 0.3) is 15.9 Å². The van der Waals surface area contributed by atoms with E-state index in [-0.39, 0.29) is 10.8 Å². The Balaban J connectivity index is 1.35. The van der Waals surface area contributed by atoms with Gasteiger partial charge in [-0.2, -0.15) is 0 Å². The van der Waals surface area contributed by atoms with Crippen LogP contribution >= 0.6 is 15.9 Å². The molecule has 6 nitrogen and oxygen atoms in total. The van der Waals surface area contributed by atoms with Crippen molar-refractivity contribution in [3.05, 3.63) is 88.4 Å². The number of nitrogens with zero attached hydrogens (tertiary/aromatic N) is 1. The van der Waals surface area contributed by atoms with Crippen LogP contribution in [-0.2, 0) is 16.6 Å². The maximum Gasteiger partial charge on any atom is 0.261 e. The molecule has 0 bridgehead atoms. The fourth-order valence-corrected chi connectivity index (χ4v) is 5.43. The van der Waals surface area contributed by atoms with Gasteiger partial charge in [0.2, 0.25) is 0 Å². The number of anilines is 2. The average molecular weight is 542 g/mol. The molecule has 1 aliphatic heterocycles. The molecular weight excluding hydrogens is 514 g/mol. The molecule has 8 heteroatoms. The fourth-order valence-electron chi connectivity index (χ4n) is 4.10.